The van der Waals surface area contributed by atoms with Gasteiger partial charge >= 0.3 is 0 Å². The maximum Gasteiger partial charge on any atom is 0.252 e. The zero-order valence-corrected chi connectivity index (χ0v) is 16.9. The molecule has 0 saturated heterocycles. The molecule has 0 aliphatic carbocycles. The highest BCUT2D eigenvalue weighted by Crippen LogP contribution is 2.36. The van der Waals surface area contributed by atoms with Gasteiger partial charge in [0.15, 0.2) is 0 Å². The summed E-state index contributed by atoms with van der Waals surface area (Å²) in [7, 11) is 0. The fourth-order valence-corrected chi connectivity index (χ4v) is 3.54. The zero-order valence-electron chi connectivity index (χ0n) is 16.2. The number of rotatable bonds is 4. The van der Waals surface area contributed by atoms with E-state index in [0.29, 0.717) is 16.8 Å². The SMILES string of the molecule is Cc1c(-c2nnc(-c3ccccc3)o2)c(-c2ccc(Cl)cc2)nn1-c1ccccc1. The van der Waals surface area contributed by atoms with Gasteiger partial charge < -0.3 is 4.42 Å². The summed E-state index contributed by atoms with van der Waals surface area (Å²) in [6.07, 6.45) is 0. The number of halogens is 1. The van der Waals surface area contributed by atoms with Crippen LogP contribution in [0.15, 0.2) is 89.3 Å². The molecule has 0 bridgehead atoms. The Morgan fingerprint density at radius 2 is 1.37 bits per heavy atom. The first-order valence-electron chi connectivity index (χ1n) is 9.51. The standard InChI is InChI=1S/C24H17ClN4O/c1-16-21(24-27-26-23(30-24)18-8-4-2-5-9-18)22(17-12-14-19(25)15-13-17)28-29(16)20-10-6-3-7-11-20/h2-15H,1H3. The van der Waals surface area contributed by atoms with Crippen LogP contribution in [0.2, 0.25) is 5.02 Å². The normalized spacial score (nSPS) is 11.0. The molecule has 5 aromatic rings. The summed E-state index contributed by atoms with van der Waals surface area (Å²) in [6.45, 7) is 2.00. The first kappa shape index (κ1) is 18.3. The van der Waals surface area contributed by atoms with Gasteiger partial charge in [-0.2, -0.15) is 5.10 Å². The second-order valence-electron chi connectivity index (χ2n) is 6.84. The van der Waals surface area contributed by atoms with Crippen molar-refractivity contribution >= 4 is 11.6 Å². The highest BCUT2D eigenvalue weighted by Gasteiger charge is 2.23. The zero-order chi connectivity index (χ0) is 20.5. The minimum absolute atomic E-state index is 0.429. The summed E-state index contributed by atoms with van der Waals surface area (Å²) in [5, 5.41) is 14.2. The molecule has 0 saturated carbocycles. The Morgan fingerprint density at radius 1 is 0.733 bits per heavy atom. The lowest BCUT2D eigenvalue weighted by Crippen LogP contribution is -1.98. The summed E-state index contributed by atoms with van der Waals surface area (Å²) >= 11 is 6.09. The average Bonchev–Trinajstić information content (AvgIpc) is 3.40. The molecule has 0 N–H and O–H groups in total. The minimum Gasteiger partial charge on any atom is -0.416 e. The molecule has 0 unspecified atom stereocenters. The second kappa shape index (κ2) is 7.61. The van der Waals surface area contributed by atoms with Gasteiger partial charge in [-0.3, -0.25) is 0 Å². The number of para-hydroxylation sites is 1. The van der Waals surface area contributed by atoms with Gasteiger partial charge in [-0.05, 0) is 43.3 Å². The van der Waals surface area contributed by atoms with E-state index in [1.165, 1.54) is 0 Å². The van der Waals surface area contributed by atoms with Crippen LogP contribution in [0.3, 0.4) is 0 Å². The van der Waals surface area contributed by atoms with E-state index in [4.69, 9.17) is 21.1 Å². The van der Waals surface area contributed by atoms with Crippen molar-refractivity contribution in [1.29, 1.82) is 0 Å². The van der Waals surface area contributed by atoms with E-state index >= 15 is 0 Å². The number of nitrogens with zero attached hydrogens (tertiary/aromatic N) is 4. The highest BCUT2D eigenvalue weighted by atomic mass is 35.5. The molecule has 3 aromatic carbocycles. The topological polar surface area (TPSA) is 56.7 Å². The van der Waals surface area contributed by atoms with Gasteiger partial charge in [-0.1, -0.05) is 60.1 Å². The summed E-state index contributed by atoms with van der Waals surface area (Å²) in [5.41, 5.74) is 5.23. The molecular formula is C24H17ClN4O. The third-order valence-electron chi connectivity index (χ3n) is 4.89. The van der Waals surface area contributed by atoms with Gasteiger partial charge in [0.1, 0.15) is 5.69 Å². The van der Waals surface area contributed by atoms with E-state index in [9.17, 15) is 0 Å². The molecule has 2 heterocycles. The smallest absolute Gasteiger partial charge is 0.252 e. The summed E-state index contributed by atoms with van der Waals surface area (Å²) in [5.74, 6) is 0.901. The molecule has 0 spiro atoms. The van der Waals surface area contributed by atoms with Crippen LogP contribution in [-0.2, 0) is 0 Å². The van der Waals surface area contributed by atoms with Gasteiger partial charge in [0.2, 0.25) is 5.89 Å². The number of benzene rings is 3. The summed E-state index contributed by atoms with van der Waals surface area (Å²) in [6, 6.07) is 27.3. The van der Waals surface area contributed by atoms with E-state index in [1.807, 2.05) is 96.5 Å². The molecule has 0 aliphatic rings. The molecule has 146 valence electrons. The number of aromatic nitrogens is 4. The van der Waals surface area contributed by atoms with Crippen molar-refractivity contribution in [3.63, 3.8) is 0 Å². The van der Waals surface area contributed by atoms with Crippen molar-refractivity contribution in [2.75, 3.05) is 0 Å². The van der Waals surface area contributed by atoms with Crippen LogP contribution in [0.25, 0.3) is 39.9 Å². The van der Waals surface area contributed by atoms with Crippen LogP contribution >= 0.6 is 11.6 Å². The van der Waals surface area contributed by atoms with Gasteiger partial charge in [0, 0.05) is 16.1 Å². The van der Waals surface area contributed by atoms with E-state index < -0.39 is 0 Å². The lowest BCUT2D eigenvalue weighted by molar-refractivity contribution is 0.584. The molecule has 6 heteroatoms. The lowest BCUT2D eigenvalue weighted by Gasteiger charge is -2.03. The van der Waals surface area contributed by atoms with Crippen LogP contribution in [0.1, 0.15) is 5.69 Å². The predicted molar refractivity (Wildman–Crippen MR) is 117 cm³/mol. The molecule has 5 nitrogen and oxygen atoms in total. The molecule has 5 rings (SSSR count). The fraction of sp³-hybridized carbons (Fsp3) is 0.0417. The van der Waals surface area contributed by atoms with E-state index in [-0.39, 0.29) is 0 Å². The Balaban J connectivity index is 1.69. The third-order valence-corrected chi connectivity index (χ3v) is 5.15. The van der Waals surface area contributed by atoms with Crippen molar-refractivity contribution in [2.45, 2.75) is 6.92 Å². The van der Waals surface area contributed by atoms with Crippen molar-refractivity contribution in [2.24, 2.45) is 0 Å². The number of hydrogen-bond donors (Lipinski definition) is 0. The van der Waals surface area contributed by atoms with E-state index in [2.05, 4.69) is 10.2 Å². The summed E-state index contributed by atoms with van der Waals surface area (Å²) < 4.78 is 7.96. The Bertz CT molecular complexity index is 1290. The van der Waals surface area contributed by atoms with Gasteiger partial charge in [0.25, 0.3) is 5.89 Å². The fourth-order valence-electron chi connectivity index (χ4n) is 3.41. The maximum atomic E-state index is 6.09. The van der Waals surface area contributed by atoms with Crippen molar-refractivity contribution in [1.82, 2.24) is 20.0 Å². The first-order valence-corrected chi connectivity index (χ1v) is 9.89. The molecule has 30 heavy (non-hydrogen) atoms. The predicted octanol–water partition coefficient (Wildman–Crippen LogP) is 6.22. The van der Waals surface area contributed by atoms with Crippen LogP contribution in [-0.4, -0.2) is 20.0 Å². The van der Waals surface area contributed by atoms with Crippen molar-refractivity contribution in [3.05, 3.63) is 95.6 Å². The van der Waals surface area contributed by atoms with Gasteiger partial charge in [-0.15, -0.1) is 10.2 Å². The lowest BCUT2D eigenvalue weighted by atomic mass is 10.1. The molecule has 0 aliphatic heterocycles. The molecule has 0 fully saturated rings. The Labute approximate surface area is 178 Å². The van der Waals surface area contributed by atoms with Crippen molar-refractivity contribution < 1.29 is 4.42 Å². The number of hydrogen-bond acceptors (Lipinski definition) is 4. The monoisotopic (exact) mass is 412 g/mol. The van der Waals surface area contributed by atoms with Crippen LogP contribution < -0.4 is 0 Å². The molecule has 2 aromatic heterocycles. The first-order chi connectivity index (χ1) is 14.7. The van der Waals surface area contributed by atoms with Crippen molar-refractivity contribution in [3.8, 4) is 39.9 Å². The quantitative estimate of drug-likeness (QED) is 0.351. The van der Waals surface area contributed by atoms with Crippen LogP contribution in [0.5, 0.6) is 0 Å². The Morgan fingerprint density at radius 3 is 2.07 bits per heavy atom. The molecular weight excluding hydrogens is 396 g/mol. The molecule has 0 radical (unpaired) electrons. The molecule has 0 amide bonds. The Kier molecular flexibility index (Phi) is 4.65. The van der Waals surface area contributed by atoms with E-state index in [1.54, 1.807) is 0 Å². The Hall–Kier alpha value is -3.70. The van der Waals surface area contributed by atoms with Gasteiger partial charge in [-0.25, -0.2) is 4.68 Å². The van der Waals surface area contributed by atoms with Gasteiger partial charge in [0.05, 0.1) is 16.9 Å². The van der Waals surface area contributed by atoms with Crippen LogP contribution in [0, 0.1) is 6.92 Å². The largest absolute Gasteiger partial charge is 0.416 e. The average molecular weight is 413 g/mol. The van der Waals surface area contributed by atoms with Crippen LogP contribution in [0.4, 0.5) is 0 Å². The van der Waals surface area contributed by atoms with E-state index in [0.717, 1.165) is 33.8 Å². The summed E-state index contributed by atoms with van der Waals surface area (Å²) in [4.78, 5) is 0. The second-order valence-corrected chi connectivity index (χ2v) is 7.28. The minimum atomic E-state index is 0.429. The molecule has 0 atom stereocenters. The third kappa shape index (κ3) is 3.29. The maximum absolute atomic E-state index is 6.09. The highest BCUT2D eigenvalue weighted by molar-refractivity contribution is 6.30.